The van der Waals surface area contributed by atoms with Crippen molar-refractivity contribution in [2.24, 2.45) is 5.10 Å². The van der Waals surface area contributed by atoms with E-state index in [1.165, 1.54) is 4.68 Å². The van der Waals surface area contributed by atoms with E-state index in [1.807, 2.05) is 24.3 Å². The van der Waals surface area contributed by atoms with E-state index in [9.17, 15) is 9.59 Å². The van der Waals surface area contributed by atoms with Crippen molar-refractivity contribution in [2.75, 3.05) is 6.61 Å². The summed E-state index contributed by atoms with van der Waals surface area (Å²) in [5.74, 6) is 0.329. The predicted octanol–water partition coefficient (Wildman–Crippen LogP) is 3.36. The monoisotopic (exact) mass is 392 g/mol. The molecular formula is C22H24N4O3. The van der Waals surface area contributed by atoms with Crippen LogP contribution in [0.25, 0.3) is 10.8 Å². The number of nitrogens with zero attached hydrogens (tertiary/aromatic N) is 3. The van der Waals surface area contributed by atoms with E-state index in [0.717, 1.165) is 17.7 Å². The Morgan fingerprint density at radius 3 is 2.45 bits per heavy atom. The summed E-state index contributed by atoms with van der Waals surface area (Å²) in [4.78, 5) is 25.1. The van der Waals surface area contributed by atoms with Crippen LogP contribution in [-0.4, -0.2) is 28.0 Å². The number of rotatable bonds is 7. The molecule has 0 aliphatic rings. The van der Waals surface area contributed by atoms with Crippen LogP contribution in [0.2, 0.25) is 0 Å². The van der Waals surface area contributed by atoms with Gasteiger partial charge in [-0.3, -0.25) is 9.59 Å². The van der Waals surface area contributed by atoms with Crippen LogP contribution >= 0.6 is 0 Å². The number of carbonyl (C=O) groups excluding carboxylic acids is 1. The normalized spacial score (nSPS) is 11.5. The highest BCUT2D eigenvalue weighted by atomic mass is 16.5. The molecule has 3 rings (SSSR count). The molecule has 1 heterocycles. The van der Waals surface area contributed by atoms with Gasteiger partial charge in [-0.2, -0.15) is 10.2 Å². The van der Waals surface area contributed by atoms with Crippen LogP contribution < -0.4 is 15.7 Å². The first-order valence-electron chi connectivity index (χ1n) is 9.62. The average molecular weight is 392 g/mol. The molecule has 7 nitrogen and oxygen atoms in total. The first-order chi connectivity index (χ1) is 14.0. The summed E-state index contributed by atoms with van der Waals surface area (Å²) in [5.41, 5.74) is 4.01. The molecule has 1 N–H and O–H groups in total. The van der Waals surface area contributed by atoms with Crippen molar-refractivity contribution in [1.29, 1.82) is 0 Å². The van der Waals surface area contributed by atoms with Crippen LogP contribution in [0, 0.1) is 0 Å². The number of hydrogen-bond acceptors (Lipinski definition) is 5. The topological polar surface area (TPSA) is 85.6 Å². The molecule has 2 aromatic carbocycles. The van der Waals surface area contributed by atoms with Crippen molar-refractivity contribution in [3.63, 3.8) is 0 Å². The van der Waals surface area contributed by atoms with E-state index in [2.05, 4.69) is 22.5 Å². The Labute approximate surface area is 169 Å². The number of ether oxygens (including phenoxy) is 1. The second-order valence-corrected chi connectivity index (χ2v) is 6.53. The molecular weight excluding hydrogens is 368 g/mol. The van der Waals surface area contributed by atoms with Gasteiger partial charge in [-0.25, -0.2) is 10.1 Å². The number of carbonyl (C=O) groups is 1. The van der Waals surface area contributed by atoms with E-state index >= 15 is 0 Å². The van der Waals surface area contributed by atoms with Crippen molar-refractivity contribution in [3.05, 3.63) is 70.1 Å². The number of aromatic nitrogens is 2. The molecule has 150 valence electrons. The summed E-state index contributed by atoms with van der Waals surface area (Å²) in [6, 6.07) is 14.5. The average Bonchev–Trinajstić information content (AvgIpc) is 2.76. The smallest absolute Gasteiger partial charge is 0.292 e. The Bertz CT molecular complexity index is 1100. The Balaban J connectivity index is 1.83. The molecule has 1 aromatic heterocycles. The van der Waals surface area contributed by atoms with E-state index in [0.29, 0.717) is 29.6 Å². The maximum absolute atomic E-state index is 12.7. The number of hydrogen-bond donors (Lipinski definition) is 1. The van der Waals surface area contributed by atoms with Gasteiger partial charge < -0.3 is 4.74 Å². The zero-order valence-corrected chi connectivity index (χ0v) is 16.8. The third kappa shape index (κ3) is 4.51. The molecule has 0 aliphatic carbocycles. The highest BCUT2D eigenvalue weighted by Gasteiger charge is 2.16. The molecule has 0 saturated heterocycles. The van der Waals surface area contributed by atoms with Crippen LogP contribution in [0.3, 0.4) is 0 Å². The number of benzene rings is 2. The van der Waals surface area contributed by atoms with E-state index < -0.39 is 5.91 Å². The fraction of sp³-hybridized carbons (Fsp3) is 0.273. The van der Waals surface area contributed by atoms with E-state index in [4.69, 9.17) is 4.74 Å². The lowest BCUT2D eigenvalue weighted by atomic mass is 10.1. The van der Waals surface area contributed by atoms with Crippen LogP contribution in [0.5, 0.6) is 5.75 Å². The van der Waals surface area contributed by atoms with Crippen LogP contribution in [0.4, 0.5) is 0 Å². The summed E-state index contributed by atoms with van der Waals surface area (Å²) >= 11 is 0. The molecule has 3 aromatic rings. The van der Waals surface area contributed by atoms with Gasteiger partial charge in [-0.1, -0.05) is 25.1 Å². The Morgan fingerprint density at radius 2 is 1.79 bits per heavy atom. The lowest BCUT2D eigenvalue weighted by molar-refractivity contribution is 0.0949. The molecule has 0 atom stereocenters. The number of hydrazone groups is 1. The van der Waals surface area contributed by atoms with Gasteiger partial charge in [-0.15, -0.1) is 0 Å². The second kappa shape index (κ2) is 9.14. The van der Waals surface area contributed by atoms with Crippen LogP contribution in [0.1, 0.15) is 43.2 Å². The fourth-order valence-corrected chi connectivity index (χ4v) is 2.88. The Morgan fingerprint density at radius 1 is 1.10 bits per heavy atom. The molecule has 0 spiro atoms. The molecule has 29 heavy (non-hydrogen) atoms. The van der Waals surface area contributed by atoms with Crippen molar-refractivity contribution in [2.45, 2.75) is 33.7 Å². The first-order valence-corrected chi connectivity index (χ1v) is 9.62. The molecule has 0 unspecified atom stereocenters. The van der Waals surface area contributed by atoms with Gasteiger partial charge in [0.2, 0.25) is 0 Å². The summed E-state index contributed by atoms with van der Waals surface area (Å²) in [7, 11) is 0. The maximum Gasteiger partial charge on any atom is 0.292 e. The number of amides is 1. The quantitative estimate of drug-likeness (QED) is 0.493. The summed E-state index contributed by atoms with van der Waals surface area (Å²) < 4.78 is 6.85. The van der Waals surface area contributed by atoms with Crippen molar-refractivity contribution < 1.29 is 9.53 Å². The predicted molar refractivity (Wildman–Crippen MR) is 114 cm³/mol. The van der Waals surface area contributed by atoms with Gasteiger partial charge in [-0.05, 0) is 56.2 Å². The number of fused-ring (bicyclic) bond motifs is 1. The summed E-state index contributed by atoms with van der Waals surface area (Å²) in [5, 5.41) is 9.37. The minimum absolute atomic E-state index is 0.168. The van der Waals surface area contributed by atoms with Crippen molar-refractivity contribution in [1.82, 2.24) is 15.2 Å². The SMILES string of the molecule is CCCOc1ccc(/C(C)=N\NC(=O)c2nn(CC)c(=O)c3ccccc23)cc1. The van der Waals surface area contributed by atoms with Crippen molar-refractivity contribution >= 4 is 22.4 Å². The van der Waals surface area contributed by atoms with Gasteiger partial charge >= 0.3 is 0 Å². The first kappa shape index (κ1) is 20.3. The molecule has 1 amide bonds. The molecule has 7 heteroatoms. The Kier molecular flexibility index (Phi) is 6.39. The third-order valence-corrected chi connectivity index (χ3v) is 4.45. The minimum atomic E-state index is -0.467. The molecule has 0 radical (unpaired) electrons. The van der Waals surface area contributed by atoms with Crippen molar-refractivity contribution in [3.8, 4) is 5.75 Å². The lowest BCUT2D eigenvalue weighted by Crippen LogP contribution is -2.28. The maximum atomic E-state index is 12.7. The molecule has 0 bridgehead atoms. The summed E-state index contributed by atoms with van der Waals surface area (Å²) in [6.45, 7) is 6.71. The highest BCUT2D eigenvalue weighted by Crippen LogP contribution is 2.14. The number of nitrogens with one attached hydrogen (secondary N) is 1. The molecule has 0 saturated carbocycles. The van der Waals surface area contributed by atoms with Gasteiger partial charge in [0, 0.05) is 11.9 Å². The zero-order chi connectivity index (χ0) is 20.8. The Hall–Kier alpha value is -3.48. The largest absolute Gasteiger partial charge is 0.494 e. The highest BCUT2D eigenvalue weighted by molar-refractivity contribution is 6.06. The minimum Gasteiger partial charge on any atom is -0.494 e. The van der Waals surface area contributed by atoms with Gasteiger partial charge in [0.1, 0.15) is 5.75 Å². The van der Waals surface area contributed by atoms with E-state index in [1.54, 1.807) is 38.1 Å². The summed E-state index contributed by atoms with van der Waals surface area (Å²) in [6.07, 6.45) is 0.947. The molecule has 0 aliphatic heterocycles. The van der Waals surface area contributed by atoms with Crippen LogP contribution in [0.15, 0.2) is 58.4 Å². The van der Waals surface area contributed by atoms with Gasteiger partial charge in [0.25, 0.3) is 11.5 Å². The lowest BCUT2D eigenvalue weighted by Gasteiger charge is -2.09. The third-order valence-electron chi connectivity index (χ3n) is 4.45. The fourth-order valence-electron chi connectivity index (χ4n) is 2.88. The number of aryl methyl sites for hydroxylation is 1. The van der Waals surface area contributed by atoms with E-state index in [-0.39, 0.29) is 11.3 Å². The van der Waals surface area contributed by atoms with Crippen LogP contribution in [-0.2, 0) is 6.54 Å². The second-order valence-electron chi connectivity index (χ2n) is 6.53. The van der Waals surface area contributed by atoms with Gasteiger partial charge in [0.15, 0.2) is 5.69 Å². The zero-order valence-electron chi connectivity index (χ0n) is 16.8. The molecule has 0 fully saturated rings. The standard InChI is InChI=1S/C22H24N4O3/c1-4-14-29-17-12-10-16(11-13-17)15(3)23-24-21(27)20-18-8-6-7-9-19(18)22(28)26(5-2)25-20/h6-13H,4-5,14H2,1-3H3,(H,24,27)/b23-15-. The van der Waals surface area contributed by atoms with Gasteiger partial charge in [0.05, 0.1) is 17.7 Å².